The molecule has 126 valence electrons. The van der Waals surface area contributed by atoms with Crippen molar-refractivity contribution < 1.29 is 14.3 Å². The van der Waals surface area contributed by atoms with Gasteiger partial charge in [0.2, 0.25) is 0 Å². The van der Waals surface area contributed by atoms with Crippen LogP contribution in [0.1, 0.15) is 23.6 Å². The lowest BCUT2D eigenvalue weighted by molar-refractivity contribution is -0.123. The van der Waals surface area contributed by atoms with Crippen molar-refractivity contribution in [2.45, 2.75) is 20.8 Å². The molecule has 5 heteroatoms. The molecule has 2 aromatic rings. The Hall–Kier alpha value is -2.82. The maximum atomic E-state index is 11.8. The van der Waals surface area contributed by atoms with Gasteiger partial charge in [-0.2, -0.15) is 5.10 Å². The van der Waals surface area contributed by atoms with Gasteiger partial charge >= 0.3 is 0 Å². The van der Waals surface area contributed by atoms with Crippen LogP contribution in [0.2, 0.25) is 0 Å². The minimum Gasteiger partial charge on any atom is -0.493 e. The fourth-order valence-corrected chi connectivity index (χ4v) is 2.10. The minimum atomic E-state index is -0.318. The van der Waals surface area contributed by atoms with Crippen LogP contribution >= 0.6 is 0 Å². The van der Waals surface area contributed by atoms with Gasteiger partial charge in [-0.1, -0.05) is 24.3 Å². The van der Waals surface area contributed by atoms with Crippen LogP contribution in [0, 0.1) is 13.8 Å². The maximum absolute atomic E-state index is 11.8. The molecule has 0 atom stereocenters. The van der Waals surface area contributed by atoms with E-state index in [2.05, 4.69) is 10.5 Å². The topological polar surface area (TPSA) is 59.9 Å². The number of aryl methyl sites for hydroxylation is 1. The summed E-state index contributed by atoms with van der Waals surface area (Å²) >= 11 is 0. The van der Waals surface area contributed by atoms with E-state index in [1.165, 1.54) is 0 Å². The number of hydrogen-bond acceptors (Lipinski definition) is 4. The molecule has 1 amide bonds. The number of carbonyl (C=O) groups is 1. The van der Waals surface area contributed by atoms with E-state index in [4.69, 9.17) is 9.47 Å². The van der Waals surface area contributed by atoms with Crippen molar-refractivity contribution >= 4 is 12.1 Å². The van der Waals surface area contributed by atoms with Crippen molar-refractivity contribution in [2.24, 2.45) is 5.10 Å². The highest BCUT2D eigenvalue weighted by Gasteiger charge is 2.05. The molecular weight excluding hydrogens is 304 g/mol. The Kier molecular flexibility index (Phi) is 6.37. The van der Waals surface area contributed by atoms with Gasteiger partial charge < -0.3 is 9.47 Å². The van der Waals surface area contributed by atoms with Crippen LogP contribution in [0.3, 0.4) is 0 Å². The number of nitrogens with zero attached hydrogens (tertiary/aromatic N) is 1. The Balaban J connectivity index is 1.88. The Morgan fingerprint density at radius 1 is 1.08 bits per heavy atom. The third-order valence-corrected chi connectivity index (χ3v) is 3.53. The fraction of sp³-hybridized carbons (Fsp3) is 0.263. The summed E-state index contributed by atoms with van der Waals surface area (Å²) in [6, 6.07) is 13.2. The van der Waals surface area contributed by atoms with Crippen molar-refractivity contribution in [2.75, 3.05) is 13.2 Å². The first-order valence-electron chi connectivity index (χ1n) is 7.84. The van der Waals surface area contributed by atoms with Crippen molar-refractivity contribution in [3.63, 3.8) is 0 Å². The number of carbonyl (C=O) groups excluding carboxylic acids is 1. The zero-order valence-electron chi connectivity index (χ0n) is 14.2. The molecule has 0 aliphatic carbocycles. The number of para-hydroxylation sites is 1. The van der Waals surface area contributed by atoms with Gasteiger partial charge in [0.1, 0.15) is 11.5 Å². The summed E-state index contributed by atoms with van der Waals surface area (Å²) in [5.74, 6) is 1.11. The number of rotatable bonds is 7. The molecule has 0 unspecified atom stereocenters. The van der Waals surface area contributed by atoms with Gasteiger partial charge in [-0.25, -0.2) is 5.43 Å². The normalized spacial score (nSPS) is 10.6. The van der Waals surface area contributed by atoms with Gasteiger partial charge in [0, 0.05) is 5.56 Å². The molecule has 24 heavy (non-hydrogen) atoms. The van der Waals surface area contributed by atoms with Gasteiger partial charge in [-0.3, -0.25) is 4.79 Å². The van der Waals surface area contributed by atoms with Crippen LogP contribution in [-0.2, 0) is 4.79 Å². The first-order chi connectivity index (χ1) is 11.6. The van der Waals surface area contributed by atoms with E-state index in [0.717, 1.165) is 22.4 Å². The van der Waals surface area contributed by atoms with Crippen molar-refractivity contribution in [1.29, 1.82) is 0 Å². The molecule has 0 heterocycles. The predicted molar refractivity (Wildman–Crippen MR) is 94.8 cm³/mol. The number of amides is 1. The summed E-state index contributed by atoms with van der Waals surface area (Å²) in [7, 11) is 0. The second kappa shape index (κ2) is 8.72. The maximum Gasteiger partial charge on any atom is 0.277 e. The number of nitrogens with one attached hydrogen (secondary N) is 1. The summed E-state index contributed by atoms with van der Waals surface area (Å²) in [6.45, 7) is 6.36. The standard InChI is InChI=1S/C19H22N2O3/c1-4-23-18-10-6-5-9-16(18)12-20-21-19(22)13-24-17-11-7-8-14(2)15(17)3/h5-12H,4,13H2,1-3H3,(H,21,22)/b20-12+. The van der Waals surface area contributed by atoms with Crippen LogP contribution in [0.5, 0.6) is 11.5 Å². The van der Waals surface area contributed by atoms with Gasteiger partial charge in [-0.15, -0.1) is 0 Å². The molecule has 0 aliphatic rings. The predicted octanol–water partition coefficient (Wildman–Crippen LogP) is 3.23. The Bertz CT molecular complexity index is 726. The lowest BCUT2D eigenvalue weighted by atomic mass is 10.1. The molecule has 0 saturated carbocycles. The molecule has 2 aromatic carbocycles. The molecular formula is C19H22N2O3. The van der Waals surface area contributed by atoms with Crippen molar-refractivity contribution in [3.05, 3.63) is 59.2 Å². The molecule has 0 bridgehead atoms. The number of benzene rings is 2. The number of ether oxygens (including phenoxy) is 2. The highest BCUT2D eigenvalue weighted by atomic mass is 16.5. The van der Waals surface area contributed by atoms with E-state index in [0.29, 0.717) is 12.4 Å². The smallest absolute Gasteiger partial charge is 0.277 e. The summed E-state index contributed by atoms with van der Waals surface area (Å²) in [5.41, 5.74) is 5.41. The minimum absolute atomic E-state index is 0.0886. The first-order valence-corrected chi connectivity index (χ1v) is 7.84. The summed E-state index contributed by atoms with van der Waals surface area (Å²) < 4.78 is 11.0. The largest absolute Gasteiger partial charge is 0.493 e. The Morgan fingerprint density at radius 3 is 2.62 bits per heavy atom. The Morgan fingerprint density at radius 2 is 1.83 bits per heavy atom. The molecule has 2 rings (SSSR count). The van der Waals surface area contributed by atoms with Crippen LogP contribution in [0.25, 0.3) is 0 Å². The van der Waals surface area contributed by atoms with Crippen LogP contribution in [0.15, 0.2) is 47.6 Å². The van der Waals surface area contributed by atoms with Gasteiger partial charge in [0.25, 0.3) is 5.91 Å². The van der Waals surface area contributed by atoms with Crippen LogP contribution < -0.4 is 14.9 Å². The average Bonchev–Trinajstić information content (AvgIpc) is 2.58. The second-order valence-corrected chi connectivity index (χ2v) is 5.25. The summed E-state index contributed by atoms with van der Waals surface area (Å²) in [4.78, 5) is 11.8. The van der Waals surface area contributed by atoms with Crippen LogP contribution in [-0.4, -0.2) is 25.3 Å². The molecule has 0 aromatic heterocycles. The molecule has 1 N–H and O–H groups in total. The SMILES string of the molecule is CCOc1ccccc1/C=N/NC(=O)COc1cccc(C)c1C. The first kappa shape index (κ1) is 17.5. The number of hydrazone groups is 1. The van der Waals surface area contributed by atoms with Gasteiger partial charge in [0.05, 0.1) is 12.8 Å². The summed E-state index contributed by atoms with van der Waals surface area (Å²) in [6.07, 6.45) is 1.56. The van der Waals surface area contributed by atoms with E-state index in [1.54, 1.807) is 6.21 Å². The lowest BCUT2D eigenvalue weighted by Crippen LogP contribution is -2.24. The molecule has 5 nitrogen and oxygen atoms in total. The Labute approximate surface area is 142 Å². The number of hydrogen-bond donors (Lipinski definition) is 1. The van der Waals surface area contributed by atoms with E-state index < -0.39 is 0 Å². The second-order valence-electron chi connectivity index (χ2n) is 5.25. The van der Waals surface area contributed by atoms with Crippen molar-refractivity contribution in [1.82, 2.24) is 5.43 Å². The molecule has 0 radical (unpaired) electrons. The van der Waals surface area contributed by atoms with E-state index in [-0.39, 0.29) is 12.5 Å². The van der Waals surface area contributed by atoms with Gasteiger partial charge in [-0.05, 0) is 50.1 Å². The molecule has 0 aliphatic heterocycles. The quantitative estimate of drug-likeness (QED) is 0.628. The zero-order chi connectivity index (χ0) is 17.4. The van der Waals surface area contributed by atoms with Crippen LogP contribution in [0.4, 0.5) is 0 Å². The zero-order valence-corrected chi connectivity index (χ0v) is 14.2. The van der Waals surface area contributed by atoms with Gasteiger partial charge in [0.15, 0.2) is 6.61 Å². The third-order valence-electron chi connectivity index (χ3n) is 3.53. The molecule has 0 fully saturated rings. The van der Waals surface area contributed by atoms with E-state index >= 15 is 0 Å². The fourth-order valence-electron chi connectivity index (χ4n) is 2.10. The highest BCUT2D eigenvalue weighted by molar-refractivity contribution is 5.85. The molecule has 0 saturated heterocycles. The van der Waals surface area contributed by atoms with E-state index in [1.807, 2.05) is 63.2 Å². The average molecular weight is 326 g/mol. The van der Waals surface area contributed by atoms with E-state index in [9.17, 15) is 4.79 Å². The third kappa shape index (κ3) is 4.84. The van der Waals surface area contributed by atoms with Crippen molar-refractivity contribution in [3.8, 4) is 11.5 Å². The summed E-state index contributed by atoms with van der Waals surface area (Å²) in [5, 5.41) is 3.95. The monoisotopic (exact) mass is 326 g/mol. The molecule has 0 spiro atoms. The lowest BCUT2D eigenvalue weighted by Gasteiger charge is -2.09. The highest BCUT2D eigenvalue weighted by Crippen LogP contribution is 2.20.